The largest absolute Gasteiger partial charge is 0.356 e. The second-order valence-electron chi connectivity index (χ2n) is 4.57. The van der Waals surface area contributed by atoms with Gasteiger partial charge in [0.1, 0.15) is 5.69 Å². The van der Waals surface area contributed by atoms with E-state index in [1.807, 2.05) is 31.2 Å². The molecular weight excluding hydrogens is 320 g/mol. The van der Waals surface area contributed by atoms with Gasteiger partial charge in [0.15, 0.2) is 5.78 Å². The van der Waals surface area contributed by atoms with Gasteiger partial charge in [-0.2, -0.15) is 0 Å². The molecular formula is C15H15BrN2O2. The van der Waals surface area contributed by atoms with E-state index in [2.05, 4.69) is 26.2 Å². The fourth-order valence-electron chi connectivity index (χ4n) is 1.91. The number of aromatic nitrogens is 1. The monoisotopic (exact) mass is 334 g/mol. The van der Waals surface area contributed by atoms with Crippen molar-refractivity contribution >= 4 is 27.6 Å². The van der Waals surface area contributed by atoms with Crippen LogP contribution in [0.4, 0.5) is 0 Å². The van der Waals surface area contributed by atoms with Crippen LogP contribution in [-0.4, -0.2) is 16.7 Å². The van der Waals surface area contributed by atoms with Crippen molar-refractivity contribution in [3.63, 3.8) is 0 Å². The summed E-state index contributed by atoms with van der Waals surface area (Å²) in [6.07, 6.45) is 1.54. The lowest BCUT2D eigenvalue weighted by atomic mass is 10.1. The summed E-state index contributed by atoms with van der Waals surface area (Å²) in [6, 6.07) is 9.15. The number of Topliss-reactive ketones (excluding diaryl/α,β-unsaturated/α-hetero) is 1. The van der Waals surface area contributed by atoms with E-state index in [1.54, 1.807) is 12.3 Å². The zero-order valence-corrected chi connectivity index (χ0v) is 12.8. The molecule has 2 N–H and O–H groups in total. The number of H-pyrrole nitrogens is 1. The first-order valence-electron chi connectivity index (χ1n) is 6.23. The van der Waals surface area contributed by atoms with Gasteiger partial charge in [-0.25, -0.2) is 0 Å². The predicted octanol–water partition coefficient (Wildman–Crippen LogP) is 3.47. The number of halogens is 1. The summed E-state index contributed by atoms with van der Waals surface area (Å²) in [6.45, 7) is 3.38. The lowest BCUT2D eigenvalue weighted by Gasteiger charge is -2.15. The SMILES string of the molecule is CC(=O)c1c[nH]c(C(=O)NC(C)c2ccccc2Br)c1. The first-order valence-corrected chi connectivity index (χ1v) is 7.03. The fourth-order valence-corrected chi connectivity index (χ4v) is 2.54. The van der Waals surface area contributed by atoms with Gasteiger partial charge < -0.3 is 10.3 Å². The molecule has 0 aliphatic rings. The Morgan fingerprint density at radius 3 is 2.60 bits per heavy atom. The Kier molecular flexibility index (Phi) is 4.39. The van der Waals surface area contributed by atoms with Crippen LogP contribution in [0.2, 0.25) is 0 Å². The van der Waals surface area contributed by atoms with Gasteiger partial charge in [-0.15, -0.1) is 0 Å². The lowest BCUT2D eigenvalue weighted by molar-refractivity contribution is 0.0935. The minimum atomic E-state index is -0.235. The molecule has 1 aromatic carbocycles. The van der Waals surface area contributed by atoms with Crippen LogP contribution in [0, 0.1) is 0 Å². The van der Waals surface area contributed by atoms with E-state index in [0.29, 0.717) is 11.3 Å². The van der Waals surface area contributed by atoms with E-state index in [-0.39, 0.29) is 17.7 Å². The second-order valence-corrected chi connectivity index (χ2v) is 5.43. The zero-order chi connectivity index (χ0) is 14.7. The number of rotatable bonds is 4. The first kappa shape index (κ1) is 14.5. The minimum Gasteiger partial charge on any atom is -0.356 e. The summed E-state index contributed by atoms with van der Waals surface area (Å²) in [5.74, 6) is -0.306. The van der Waals surface area contributed by atoms with Crippen molar-refractivity contribution in [1.29, 1.82) is 0 Å². The van der Waals surface area contributed by atoms with Crippen LogP contribution >= 0.6 is 15.9 Å². The smallest absolute Gasteiger partial charge is 0.268 e. The van der Waals surface area contributed by atoms with Crippen LogP contribution in [-0.2, 0) is 0 Å². The number of ketones is 1. The standard InChI is InChI=1S/C15H15BrN2O2/c1-9(12-5-3-4-6-13(12)16)18-15(20)14-7-11(8-17-14)10(2)19/h3-9,17H,1-2H3,(H,18,20). The zero-order valence-electron chi connectivity index (χ0n) is 11.2. The van der Waals surface area contributed by atoms with Gasteiger partial charge in [0.25, 0.3) is 5.91 Å². The van der Waals surface area contributed by atoms with Gasteiger partial charge in [-0.05, 0) is 31.5 Å². The molecule has 0 aliphatic heterocycles. The molecule has 0 saturated heterocycles. The molecule has 5 heteroatoms. The molecule has 1 aromatic heterocycles. The molecule has 0 radical (unpaired) electrons. The highest BCUT2D eigenvalue weighted by molar-refractivity contribution is 9.10. The highest BCUT2D eigenvalue weighted by Gasteiger charge is 2.15. The van der Waals surface area contributed by atoms with E-state index >= 15 is 0 Å². The van der Waals surface area contributed by atoms with Gasteiger partial charge >= 0.3 is 0 Å². The quantitative estimate of drug-likeness (QED) is 0.841. The Balaban J connectivity index is 2.11. The summed E-state index contributed by atoms with van der Waals surface area (Å²) in [7, 11) is 0. The third-order valence-electron chi connectivity index (χ3n) is 3.05. The Bertz CT molecular complexity index is 649. The number of amides is 1. The maximum Gasteiger partial charge on any atom is 0.268 e. The van der Waals surface area contributed by atoms with Gasteiger partial charge in [-0.3, -0.25) is 9.59 Å². The van der Waals surface area contributed by atoms with Crippen LogP contribution in [0.1, 0.15) is 46.3 Å². The van der Waals surface area contributed by atoms with Crippen LogP contribution in [0.15, 0.2) is 41.0 Å². The van der Waals surface area contributed by atoms with Crippen LogP contribution in [0.3, 0.4) is 0 Å². The molecule has 0 aliphatic carbocycles. The maximum absolute atomic E-state index is 12.1. The van der Waals surface area contributed by atoms with Crippen LogP contribution in [0.25, 0.3) is 0 Å². The summed E-state index contributed by atoms with van der Waals surface area (Å²) in [4.78, 5) is 26.1. The van der Waals surface area contributed by atoms with E-state index in [0.717, 1.165) is 10.0 Å². The van der Waals surface area contributed by atoms with E-state index in [9.17, 15) is 9.59 Å². The highest BCUT2D eigenvalue weighted by atomic mass is 79.9. The summed E-state index contributed by atoms with van der Waals surface area (Å²) >= 11 is 3.46. The summed E-state index contributed by atoms with van der Waals surface area (Å²) in [5, 5.41) is 2.89. The number of aromatic amines is 1. The summed E-state index contributed by atoms with van der Waals surface area (Å²) in [5.41, 5.74) is 1.89. The minimum absolute atomic E-state index is 0.0702. The van der Waals surface area contributed by atoms with E-state index < -0.39 is 0 Å². The van der Waals surface area contributed by atoms with E-state index in [1.165, 1.54) is 6.92 Å². The topological polar surface area (TPSA) is 62.0 Å². The second kappa shape index (κ2) is 6.05. The molecule has 20 heavy (non-hydrogen) atoms. The van der Waals surface area contributed by atoms with Crippen LogP contribution < -0.4 is 5.32 Å². The average molecular weight is 335 g/mol. The Morgan fingerprint density at radius 2 is 2.00 bits per heavy atom. The van der Waals surface area contributed by atoms with Gasteiger partial charge in [-0.1, -0.05) is 34.1 Å². The molecule has 104 valence electrons. The number of carbonyl (C=O) groups is 2. The molecule has 0 saturated carbocycles. The Hall–Kier alpha value is -1.88. The van der Waals surface area contributed by atoms with E-state index in [4.69, 9.17) is 0 Å². The van der Waals surface area contributed by atoms with Gasteiger partial charge in [0.05, 0.1) is 6.04 Å². The predicted molar refractivity (Wildman–Crippen MR) is 80.8 cm³/mol. The normalized spacial score (nSPS) is 11.9. The molecule has 0 fully saturated rings. The molecule has 4 nitrogen and oxygen atoms in total. The van der Waals surface area contributed by atoms with Crippen molar-refractivity contribution in [3.8, 4) is 0 Å². The summed E-state index contributed by atoms with van der Waals surface area (Å²) < 4.78 is 0.948. The molecule has 2 rings (SSSR count). The Labute approximate surface area is 125 Å². The van der Waals surface area contributed by atoms with Gasteiger partial charge in [0, 0.05) is 16.2 Å². The first-order chi connectivity index (χ1) is 9.49. The van der Waals surface area contributed by atoms with Gasteiger partial charge in [0.2, 0.25) is 0 Å². The molecule has 1 atom stereocenters. The average Bonchev–Trinajstić information content (AvgIpc) is 2.88. The molecule has 2 aromatic rings. The van der Waals surface area contributed by atoms with Crippen molar-refractivity contribution in [2.45, 2.75) is 19.9 Å². The van der Waals surface area contributed by atoms with Crippen molar-refractivity contribution < 1.29 is 9.59 Å². The highest BCUT2D eigenvalue weighted by Crippen LogP contribution is 2.22. The third-order valence-corrected chi connectivity index (χ3v) is 3.78. The molecule has 1 heterocycles. The number of hydrogen-bond donors (Lipinski definition) is 2. The number of nitrogens with one attached hydrogen (secondary N) is 2. The van der Waals surface area contributed by atoms with Crippen molar-refractivity contribution in [2.75, 3.05) is 0 Å². The van der Waals surface area contributed by atoms with Crippen molar-refractivity contribution in [1.82, 2.24) is 10.3 Å². The lowest BCUT2D eigenvalue weighted by Crippen LogP contribution is -2.27. The number of carbonyl (C=O) groups excluding carboxylic acids is 2. The van der Waals surface area contributed by atoms with Crippen molar-refractivity contribution in [2.24, 2.45) is 0 Å². The van der Waals surface area contributed by atoms with Crippen LogP contribution in [0.5, 0.6) is 0 Å². The molecule has 0 spiro atoms. The van der Waals surface area contributed by atoms with Crippen molar-refractivity contribution in [3.05, 3.63) is 57.8 Å². The third kappa shape index (κ3) is 3.17. The number of hydrogen-bond acceptors (Lipinski definition) is 2. The fraction of sp³-hybridized carbons (Fsp3) is 0.200. The number of benzene rings is 1. The maximum atomic E-state index is 12.1. The molecule has 0 bridgehead atoms. The Morgan fingerprint density at radius 1 is 1.30 bits per heavy atom. The molecule has 1 amide bonds. The molecule has 1 unspecified atom stereocenters.